The molecule has 3 aromatic rings. The van der Waals surface area contributed by atoms with Gasteiger partial charge in [0.25, 0.3) is 5.91 Å². The topological polar surface area (TPSA) is 58.6 Å². The molecule has 34 heavy (non-hydrogen) atoms. The summed E-state index contributed by atoms with van der Waals surface area (Å²) in [6.07, 6.45) is 0.409. The first kappa shape index (κ1) is 25.5. The van der Waals surface area contributed by atoms with Crippen LogP contribution in [0.25, 0.3) is 0 Å². The van der Waals surface area contributed by atoms with Gasteiger partial charge in [-0.05, 0) is 61.7 Å². The van der Waals surface area contributed by atoms with Gasteiger partial charge < -0.3 is 15.0 Å². The Morgan fingerprint density at radius 3 is 2.29 bits per heavy atom. The zero-order chi connectivity index (χ0) is 24.5. The van der Waals surface area contributed by atoms with Gasteiger partial charge in [0.2, 0.25) is 5.91 Å². The largest absolute Gasteiger partial charge is 0.484 e. The van der Waals surface area contributed by atoms with E-state index < -0.39 is 6.04 Å². The van der Waals surface area contributed by atoms with Crippen molar-refractivity contribution in [1.29, 1.82) is 0 Å². The van der Waals surface area contributed by atoms with Gasteiger partial charge in [0.05, 0.1) is 0 Å². The fourth-order valence-electron chi connectivity index (χ4n) is 3.65. The van der Waals surface area contributed by atoms with Crippen molar-refractivity contribution in [2.75, 3.05) is 6.61 Å². The molecule has 2 amide bonds. The number of carbonyl (C=O) groups excluding carboxylic acids is 2. The predicted octanol–water partition coefficient (Wildman–Crippen LogP) is 5.30. The summed E-state index contributed by atoms with van der Waals surface area (Å²) in [5.41, 5.74) is 2.97. The molecule has 0 radical (unpaired) electrons. The van der Waals surface area contributed by atoms with E-state index in [1.54, 1.807) is 4.90 Å². The first-order chi connectivity index (χ1) is 16.3. The average Bonchev–Trinajstić information content (AvgIpc) is 2.81. The summed E-state index contributed by atoms with van der Waals surface area (Å²) in [6, 6.07) is 24.4. The monoisotopic (exact) mass is 522 g/mol. The third kappa shape index (κ3) is 7.73. The van der Waals surface area contributed by atoms with E-state index >= 15 is 0 Å². The molecular weight excluding hydrogens is 492 g/mol. The third-order valence-corrected chi connectivity index (χ3v) is 5.85. The van der Waals surface area contributed by atoms with Gasteiger partial charge in [-0.2, -0.15) is 0 Å². The Bertz CT molecular complexity index is 1080. The molecule has 5 nitrogen and oxygen atoms in total. The molecule has 1 atom stereocenters. The van der Waals surface area contributed by atoms with Crippen LogP contribution in [0.4, 0.5) is 0 Å². The van der Waals surface area contributed by atoms with Gasteiger partial charge >= 0.3 is 0 Å². The molecule has 3 aromatic carbocycles. The van der Waals surface area contributed by atoms with Gasteiger partial charge in [0.15, 0.2) is 6.61 Å². The number of rotatable bonds is 10. The Morgan fingerprint density at radius 1 is 0.941 bits per heavy atom. The highest BCUT2D eigenvalue weighted by Gasteiger charge is 2.31. The Kier molecular flexibility index (Phi) is 9.28. The molecule has 3 rings (SSSR count). The summed E-state index contributed by atoms with van der Waals surface area (Å²) >= 11 is 3.46. The lowest BCUT2D eigenvalue weighted by Crippen LogP contribution is -2.52. The van der Waals surface area contributed by atoms with E-state index in [4.69, 9.17) is 4.74 Å². The predicted molar refractivity (Wildman–Crippen MR) is 139 cm³/mol. The average molecular weight is 523 g/mol. The molecule has 6 heteroatoms. The summed E-state index contributed by atoms with van der Waals surface area (Å²) in [7, 11) is 0. The number of hydrogen-bond donors (Lipinski definition) is 1. The van der Waals surface area contributed by atoms with Crippen LogP contribution in [0.5, 0.6) is 5.75 Å². The second kappa shape index (κ2) is 12.4. The van der Waals surface area contributed by atoms with Crippen molar-refractivity contribution in [2.24, 2.45) is 0 Å². The Morgan fingerprint density at radius 2 is 1.65 bits per heavy atom. The molecule has 0 aliphatic heterocycles. The Balaban J connectivity index is 1.90. The van der Waals surface area contributed by atoms with Crippen LogP contribution < -0.4 is 10.1 Å². The van der Waals surface area contributed by atoms with Gasteiger partial charge in [0, 0.05) is 23.5 Å². The van der Waals surface area contributed by atoms with Gasteiger partial charge in [-0.15, -0.1) is 0 Å². The van der Waals surface area contributed by atoms with Gasteiger partial charge in [-0.1, -0.05) is 70.5 Å². The molecule has 0 saturated heterocycles. The molecule has 0 aliphatic rings. The van der Waals surface area contributed by atoms with E-state index in [0.29, 0.717) is 18.7 Å². The SMILES string of the molecule is Cc1cccc(OCC(=O)N(Cc2ccc(Br)cc2)[C@@H](Cc2ccccc2)C(=O)NC(C)C)c1. The van der Waals surface area contributed by atoms with Gasteiger partial charge in [0.1, 0.15) is 11.8 Å². The highest BCUT2D eigenvalue weighted by molar-refractivity contribution is 9.10. The first-order valence-electron chi connectivity index (χ1n) is 11.4. The molecular formula is C28H31BrN2O3. The zero-order valence-corrected chi connectivity index (χ0v) is 21.4. The molecule has 0 fully saturated rings. The number of nitrogens with one attached hydrogen (secondary N) is 1. The number of halogens is 1. The van der Waals surface area contributed by atoms with Crippen molar-refractivity contribution in [2.45, 2.75) is 45.8 Å². The molecule has 0 aliphatic carbocycles. The molecule has 0 spiro atoms. The lowest BCUT2D eigenvalue weighted by Gasteiger charge is -2.32. The number of ether oxygens (including phenoxy) is 1. The number of aryl methyl sites for hydroxylation is 1. The summed E-state index contributed by atoms with van der Waals surface area (Å²) < 4.78 is 6.77. The van der Waals surface area contributed by atoms with Crippen molar-refractivity contribution < 1.29 is 14.3 Å². The normalized spacial score (nSPS) is 11.7. The Hall–Kier alpha value is -3.12. The van der Waals surface area contributed by atoms with Crippen molar-refractivity contribution in [3.8, 4) is 5.75 Å². The van der Waals surface area contributed by atoms with E-state index in [1.165, 1.54) is 0 Å². The lowest BCUT2D eigenvalue weighted by atomic mass is 10.0. The quantitative estimate of drug-likeness (QED) is 0.393. The van der Waals surface area contributed by atoms with E-state index in [2.05, 4.69) is 21.2 Å². The fourth-order valence-corrected chi connectivity index (χ4v) is 3.92. The van der Waals surface area contributed by atoms with Crippen molar-refractivity contribution >= 4 is 27.7 Å². The van der Waals surface area contributed by atoms with Crippen LogP contribution in [0.3, 0.4) is 0 Å². The molecule has 178 valence electrons. The van der Waals surface area contributed by atoms with Gasteiger partial charge in [-0.3, -0.25) is 9.59 Å². The minimum absolute atomic E-state index is 0.0426. The summed E-state index contributed by atoms with van der Waals surface area (Å²) in [5, 5.41) is 2.99. The van der Waals surface area contributed by atoms with Crippen LogP contribution in [0, 0.1) is 6.92 Å². The van der Waals surface area contributed by atoms with Crippen molar-refractivity contribution in [3.05, 3.63) is 100 Å². The number of amides is 2. The third-order valence-electron chi connectivity index (χ3n) is 5.32. The second-order valence-electron chi connectivity index (χ2n) is 8.62. The molecule has 0 bridgehead atoms. The van der Waals surface area contributed by atoms with E-state index in [0.717, 1.165) is 21.2 Å². The number of carbonyl (C=O) groups is 2. The summed E-state index contributed by atoms with van der Waals surface area (Å²) in [6.45, 7) is 5.95. The molecule has 1 N–H and O–H groups in total. The van der Waals surface area contributed by atoms with Crippen LogP contribution in [-0.2, 0) is 22.6 Å². The minimum atomic E-state index is -0.679. The maximum atomic E-state index is 13.5. The highest BCUT2D eigenvalue weighted by atomic mass is 79.9. The van der Waals surface area contributed by atoms with Crippen LogP contribution in [0.1, 0.15) is 30.5 Å². The van der Waals surface area contributed by atoms with E-state index in [-0.39, 0.29) is 24.5 Å². The molecule has 0 saturated carbocycles. The summed E-state index contributed by atoms with van der Waals surface area (Å²) in [4.78, 5) is 28.4. The summed E-state index contributed by atoms with van der Waals surface area (Å²) in [5.74, 6) is 0.201. The maximum Gasteiger partial charge on any atom is 0.261 e. The number of hydrogen-bond acceptors (Lipinski definition) is 3. The van der Waals surface area contributed by atoms with Gasteiger partial charge in [-0.25, -0.2) is 0 Å². The Labute approximate surface area is 210 Å². The van der Waals surface area contributed by atoms with Crippen LogP contribution >= 0.6 is 15.9 Å². The van der Waals surface area contributed by atoms with Crippen LogP contribution in [0.2, 0.25) is 0 Å². The smallest absolute Gasteiger partial charge is 0.261 e. The molecule has 0 heterocycles. The second-order valence-corrected chi connectivity index (χ2v) is 9.54. The van der Waals surface area contributed by atoms with E-state index in [1.807, 2.05) is 99.6 Å². The van der Waals surface area contributed by atoms with Crippen LogP contribution in [-0.4, -0.2) is 35.4 Å². The molecule has 0 aromatic heterocycles. The number of nitrogens with zero attached hydrogens (tertiary/aromatic N) is 1. The molecule has 0 unspecified atom stereocenters. The first-order valence-corrected chi connectivity index (χ1v) is 12.2. The maximum absolute atomic E-state index is 13.5. The lowest BCUT2D eigenvalue weighted by molar-refractivity contribution is -0.143. The van der Waals surface area contributed by atoms with Crippen molar-refractivity contribution in [1.82, 2.24) is 10.2 Å². The minimum Gasteiger partial charge on any atom is -0.484 e. The standard InChI is InChI=1S/C28H31BrN2O3/c1-20(2)30-28(33)26(17-22-9-5-4-6-10-22)31(18-23-12-14-24(29)15-13-23)27(32)19-34-25-11-7-8-21(3)16-25/h4-16,20,26H,17-19H2,1-3H3,(H,30,33)/t26-/m0/s1. The van der Waals surface area contributed by atoms with E-state index in [9.17, 15) is 9.59 Å². The highest BCUT2D eigenvalue weighted by Crippen LogP contribution is 2.18. The number of benzene rings is 3. The fraction of sp³-hybridized carbons (Fsp3) is 0.286. The van der Waals surface area contributed by atoms with Crippen molar-refractivity contribution in [3.63, 3.8) is 0 Å². The van der Waals surface area contributed by atoms with Crippen LogP contribution in [0.15, 0.2) is 83.3 Å². The zero-order valence-electron chi connectivity index (χ0n) is 19.8.